The fourth-order valence-electron chi connectivity index (χ4n) is 3.87. The summed E-state index contributed by atoms with van der Waals surface area (Å²) in [5.74, 6) is 0.114. The average Bonchev–Trinajstić information content (AvgIpc) is 3.03. The van der Waals surface area contributed by atoms with Crippen LogP contribution in [-0.4, -0.2) is 28.6 Å². The maximum Gasteiger partial charge on any atom is 0.242 e. The van der Waals surface area contributed by atoms with Crippen molar-refractivity contribution in [1.82, 2.24) is 9.78 Å². The molecule has 1 atom stereocenters. The Hall–Kier alpha value is -2.05. The summed E-state index contributed by atoms with van der Waals surface area (Å²) in [5.41, 5.74) is 0.768. The first-order valence-electron chi connectivity index (χ1n) is 7.93. The number of carbonyl (C=O) groups is 2. The molecule has 6 nitrogen and oxygen atoms in total. The molecule has 2 aliphatic heterocycles. The summed E-state index contributed by atoms with van der Waals surface area (Å²) in [6.45, 7) is 3.93. The molecule has 1 spiro atoms. The van der Waals surface area contributed by atoms with Crippen LogP contribution in [0.4, 0.5) is 11.5 Å². The van der Waals surface area contributed by atoms with Gasteiger partial charge in [-0.1, -0.05) is 23.2 Å². The molecule has 1 aromatic heterocycles. The van der Waals surface area contributed by atoms with Gasteiger partial charge in [-0.05, 0) is 31.5 Å². The van der Waals surface area contributed by atoms with Gasteiger partial charge in [-0.25, -0.2) is 4.68 Å². The second-order valence-corrected chi connectivity index (χ2v) is 7.57. The number of amides is 2. The molecule has 4 rings (SSSR count). The lowest BCUT2D eigenvalue weighted by atomic mass is 9.72. The van der Waals surface area contributed by atoms with E-state index in [0.717, 1.165) is 0 Å². The van der Waals surface area contributed by atoms with E-state index in [1.807, 2.05) is 13.8 Å². The fourth-order valence-corrected chi connectivity index (χ4v) is 4.49. The number of likely N-dealkylation sites (N-methyl/N-ethyl adjacent to an activating group) is 1. The predicted molar refractivity (Wildman–Crippen MR) is 96.5 cm³/mol. The highest BCUT2D eigenvalue weighted by Crippen LogP contribution is 2.54. The van der Waals surface area contributed by atoms with Gasteiger partial charge in [-0.3, -0.25) is 9.59 Å². The minimum absolute atomic E-state index is 0.00334. The zero-order valence-corrected chi connectivity index (χ0v) is 15.4. The van der Waals surface area contributed by atoms with E-state index in [-0.39, 0.29) is 24.3 Å². The molecular formula is C17H16Cl2N4O2. The maximum atomic E-state index is 13.3. The Morgan fingerprint density at radius 1 is 1.24 bits per heavy atom. The van der Waals surface area contributed by atoms with E-state index < -0.39 is 5.41 Å². The largest absolute Gasteiger partial charge is 0.313 e. The highest BCUT2D eigenvalue weighted by molar-refractivity contribution is 6.38. The first-order chi connectivity index (χ1) is 11.8. The second kappa shape index (κ2) is 5.22. The van der Waals surface area contributed by atoms with Crippen molar-refractivity contribution in [3.05, 3.63) is 39.5 Å². The number of hydrogen-bond donors (Lipinski definition) is 1. The van der Waals surface area contributed by atoms with Crippen molar-refractivity contribution < 1.29 is 9.59 Å². The lowest BCUT2D eigenvalue weighted by Crippen LogP contribution is -2.45. The van der Waals surface area contributed by atoms with Gasteiger partial charge in [-0.15, -0.1) is 0 Å². The standard InChI is InChI=1S/C17H16Cl2N4O2/c1-8(2)23-15-11(7-20-23)17(6-13(24)21-15)10-4-9(18)5-12(19)14(10)22(3)16(17)25/h4-5,7-8H,6H2,1-3H3,(H,21,24)/t17-/m0/s1. The third kappa shape index (κ3) is 2.01. The molecule has 2 aliphatic rings. The lowest BCUT2D eigenvalue weighted by Gasteiger charge is -2.32. The predicted octanol–water partition coefficient (Wildman–Crippen LogP) is 3.38. The summed E-state index contributed by atoms with van der Waals surface area (Å²) in [7, 11) is 1.66. The molecular weight excluding hydrogens is 363 g/mol. The number of benzene rings is 1. The van der Waals surface area contributed by atoms with Crippen LogP contribution in [0.2, 0.25) is 10.0 Å². The Morgan fingerprint density at radius 2 is 1.96 bits per heavy atom. The number of fused-ring (bicyclic) bond motifs is 4. The molecule has 0 saturated carbocycles. The van der Waals surface area contributed by atoms with Crippen molar-refractivity contribution >= 4 is 46.5 Å². The Bertz CT molecular complexity index is 937. The Balaban J connectivity index is 2.07. The topological polar surface area (TPSA) is 67.2 Å². The van der Waals surface area contributed by atoms with Crippen molar-refractivity contribution in [2.24, 2.45) is 0 Å². The number of nitrogens with zero attached hydrogens (tertiary/aromatic N) is 3. The molecule has 0 bridgehead atoms. The third-order valence-electron chi connectivity index (χ3n) is 4.92. The quantitative estimate of drug-likeness (QED) is 0.826. The molecule has 8 heteroatoms. The number of halogens is 2. The van der Waals surface area contributed by atoms with Crippen LogP contribution in [0.15, 0.2) is 18.3 Å². The number of nitrogens with one attached hydrogen (secondary N) is 1. The molecule has 3 heterocycles. The van der Waals surface area contributed by atoms with Crippen molar-refractivity contribution in [3.63, 3.8) is 0 Å². The number of rotatable bonds is 1. The summed E-state index contributed by atoms with van der Waals surface area (Å²) in [6.07, 6.45) is 1.65. The van der Waals surface area contributed by atoms with Gasteiger partial charge in [0, 0.05) is 30.1 Å². The van der Waals surface area contributed by atoms with Crippen LogP contribution in [0.25, 0.3) is 0 Å². The molecule has 0 saturated heterocycles. The zero-order chi connectivity index (χ0) is 18.1. The first-order valence-corrected chi connectivity index (χ1v) is 8.68. The van der Waals surface area contributed by atoms with Gasteiger partial charge < -0.3 is 10.2 Å². The summed E-state index contributed by atoms with van der Waals surface area (Å²) in [5, 5.41) is 8.07. The van der Waals surface area contributed by atoms with E-state index in [4.69, 9.17) is 23.2 Å². The van der Waals surface area contributed by atoms with E-state index >= 15 is 0 Å². The van der Waals surface area contributed by atoms with E-state index in [1.54, 1.807) is 30.1 Å². The van der Waals surface area contributed by atoms with Crippen molar-refractivity contribution in [2.75, 3.05) is 17.3 Å². The fraction of sp³-hybridized carbons (Fsp3) is 0.353. The molecule has 0 unspecified atom stereocenters. The molecule has 0 radical (unpaired) electrons. The van der Waals surface area contributed by atoms with Crippen LogP contribution >= 0.6 is 23.2 Å². The van der Waals surface area contributed by atoms with Crippen molar-refractivity contribution in [1.29, 1.82) is 0 Å². The van der Waals surface area contributed by atoms with Crippen LogP contribution in [0, 0.1) is 0 Å². The molecule has 0 fully saturated rings. The Morgan fingerprint density at radius 3 is 2.64 bits per heavy atom. The number of anilines is 2. The molecule has 130 valence electrons. The molecule has 25 heavy (non-hydrogen) atoms. The van der Waals surface area contributed by atoms with Crippen LogP contribution in [0.3, 0.4) is 0 Å². The van der Waals surface area contributed by atoms with Crippen molar-refractivity contribution in [3.8, 4) is 0 Å². The van der Waals surface area contributed by atoms with E-state index in [0.29, 0.717) is 32.7 Å². The monoisotopic (exact) mass is 378 g/mol. The van der Waals surface area contributed by atoms with Crippen molar-refractivity contribution in [2.45, 2.75) is 31.7 Å². The van der Waals surface area contributed by atoms with E-state index in [9.17, 15) is 9.59 Å². The van der Waals surface area contributed by atoms with Crippen LogP contribution in [-0.2, 0) is 15.0 Å². The Labute approximate surface area is 154 Å². The second-order valence-electron chi connectivity index (χ2n) is 6.72. The van der Waals surface area contributed by atoms with Gasteiger partial charge in [-0.2, -0.15) is 5.10 Å². The number of aromatic nitrogens is 2. The molecule has 2 amide bonds. The summed E-state index contributed by atoms with van der Waals surface area (Å²) in [6, 6.07) is 3.36. The first kappa shape index (κ1) is 16.4. The maximum absolute atomic E-state index is 13.3. The zero-order valence-electron chi connectivity index (χ0n) is 13.9. The Kier molecular flexibility index (Phi) is 3.43. The summed E-state index contributed by atoms with van der Waals surface area (Å²) < 4.78 is 1.71. The summed E-state index contributed by atoms with van der Waals surface area (Å²) >= 11 is 12.6. The van der Waals surface area contributed by atoms with E-state index in [2.05, 4.69) is 10.4 Å². The molecule has 2 aromatic rings. The SMILES string of the molecule is CC(C)n1ncc2c1NC(=O)C[C@@]21C(=O)N(C)c2c(Cl)cc(Cl)cc21. The average molecular weight is 379 g/mol. The van der Waals surface area contributed by atoms with Gasteiger partial charge in [0.05, 0.1) is 16.9 Å². The van der Waals surface area contributed by atoms with Gasteiger partial charge >= 0.3 is 0 Å². The smallest absolute Gasteiger partial charge is 0.242 e. The highest BCUT2D eigenvalue weighted by atomic mass is 35.5. The van der Waals surface area contributed by atoms with E-state index in [1.165, 1.54) is 4.90 Å². The minimum Gasteiger partial charge on any atom is -0.313 e. The normalized spacial score (nSPS) is 21.8. The third-order valence-corrected chi connectivity index (χ3v) is 5.43. The molecule has 0 aliphatic carbocycles. The number of carbonyl (C=O) groups excluding carboxylic acids is 2. The van der Waals surface area contributed by atoms with Gasteiger partial charge in [0.15, 0.2) is 0 Å². The minimum atomic E-state index is -1.15. The van der Waals surface area contributed by atoms with Gasteiger partial charge in [0.2, 0.25) is 11.8 Å². The van der Waals surface area contributed by atoms with Crippen LogP contribution in [0.1, 0.15) is 37.4 Å². The number of hydrogen-bond acceptors (Lipinski definition) is 3. The van der Waals surface area contributed by atoms with Gasteiger partial charge in [0.1, 0.15) is 11.2 Å². The van der Waals surface area contributed by atoms with Gasteiger partial charge in [0.25, 0.3) is 0 Å². The highest BCUT2D eigenvalue weighted by Gasteiger charge is 2.57. The van der Waals surface area contributed by atoms with Crippen LogP contribution < -0.4 is 10.2 Å². The summed E-state index contributed by atoms with van der Waals surface area (Å²) in [4.78, 5) is 27.3. The molecule has 1 N–H and O–H groups in total. The lowest BCUT2D eigenvalue weighted by molar-refractivity contribution is -0.126. The molecule has 1 aromatic carbocycles. The van der Waals surface area contributed by atoms with Crippen LogP contribution in [0.5, 0.6) is 0 Å².